The molecule has 0 fully saturated rings. The summed E-state index contributed by atoms with van der Waals surface area (Å²) in [5.74, 6) is 0.805. The summed E-state index contributed by atoms with van der Waals surface area (Å²) in [5, 5.41) is 2.90. The number of rotatable bonds is 6. The van der Waals surface area contributed by atoms with Crippen molar-refractivity contribution in [1.29, 1.82) is 0 Å². The third-order valence-corrected chi connectivity index (χ3v) is 3.22. The summed E-state index contributed by atoms with van der Waals surface area (Å²) in [6.07, 6.45) is 0.342. The Morgan fingerprint density at radius 2 is 2.10 bits per heavy atom. The molecule has 0 aliphatic heterocycles. The second-order valence-corrected chi connectivity index (χ2v) is 6.03. The van der Waals surface area contributed by atoms with Crippen LogP contribution in [0.15, 0.2) is 24.3 Å². The Hall–Kier alpha value is -1.55. The van der Waals surface area contributed by atoms with Gasteiger partial charge in [-0.2, -0.15) is 0 Å². The maximum Gasteiger partial charge on any atom is 0.221 e. The molecule has 1 unspecified atom stereocenters. The minimum Gasteiger partial charge on any atom is -0.494 e. The van der Waals surface area contributed by atoms with Crippen LogP contribution in [-0.4, -0.2) is 18.6 Å². The van der Waals surface area contributed by atoms with Gasteiger partial charge in [-0.15, -0.1) is 0 Å². The van der Waals surface area contributed by atoms with Crippen molar-refractivity contribution in [2.24, 2.45) is 11.1 Å². The molecule has 3 N–H and O–H groups in total. The number of ether oxygens (including phenoxy) is 1. The average molecular weight is 278 g/mol. The minimum atomic E-state index is -0.141. The molecule has 0 bridgehead atoms. The zero-order valence-electron chi connectivity index (χ0n) is 12.9. The summed E-state index contributed by atoms with van der Waals surface area (Å²) in [7, 11) is 0. The number of hydrogen-bond acceptors (Lipinski definition) is 3. The summed E-state index contributed by atoms with van der Waals surface area (Å²) >= 11 is 0. The number of nitrogens with two attached hydrogens (primary N) is 1. The van der Waals surface area contributed by atoms with Gasteiger partial charge in [-0.3, -0.25) is 4.79 Å². The van der Waals surface area contributed by atoms with E-state index in [0.29, 0.717) is 19.6 Å². The van der Waals surface area contributed by atoms with Gasteiger partial charge in [0.1, 0.15) is 5.75 Å². The van der Waals surface area contributed by atoms with Crippen molar-refractivity contribution in [2.75, 3.05) is 6.61 Å². The molecule has 0 aliphatic rings. The SMILES string of the molecule is CCOc1cccc(CNC(=O)CC(N)C(C)(C)C)c1. The molecule has 0 saturated carbocycles. The topological polar surface area (TPSA) is 64.3 Å². The van der Waals surface area contributed by atoms with Crippen molar-refractivity contribution in [2.45, 2.75) is 46.7 Å². The van der Waals surface area contributed by atoms with Crippen LogP contribution in [0.1, 0.15) is 39.7 Å². The molecule has 1 aromatic rings. The van der Waals surface area contributed by atoms with Gasteiger partial charge < -0.3 is 15.8 Å². The smallest absolute Gasteiger partial charge is 0.221 e. The van der Waals surface area contributed by atoms with Crippen molar-refractivity contribution in [3.05, 3.63) is 29.8 Å². The second-order valence-electron chi connectivity index (χ2n) is 6.03. The molecule has 0 spiro atoms. The molecule has 1 rings (SSSR count). The van der Waals surface area contributed by atoms with Crippen molar-refractivity contribution in [3.63, 3.8) is 0 Å². The van der Waals surface area contributed by atoms with Crippen molar-refractivity contribution in [1.82, 2.24) is 5.32 Å². The van der Waals surface area contributed by atoms with E-state index in [9.17, 15) is 4.79 Å². The first-order valence-electron chi connectivity index (χ1n) is 7.07. The van der Waals surface area contributed by atoms with Crippen molar-refractivity contribution >= 4 is 5.91 Å². The van der Waals surface area contributed by atoms with Crippen LogP contribution in [0.5, 0.6) is 5.75 Å². The lowest BCUT2D eigenvalue weighted by Gasteiger charge is -2.26. The van der Waals surface area contributed by atoms with E-state index in [2.05, 4.69) is 5.32 Å². The lowest BCUT2D eigenvalue weighted by molar-refractivity contribution is -0.122. The molecular formula is C16H26N2O2. The number of hydrogen-bond donors (Lipinski definition) is 2. The van der Waals surface area contributed by atoms with E-state index in [1.54, 1.807) is 0 Å². The van der Waals surface area contributed by atoms with E-state index in [1.807, 2.05) is 52.0 Å². The Balaban J connectivity index is 2.47. The van der Waals surface area contributed by atoms with Crippen LogP contribution in [0.25, 0.3) is 0 Å². The zero-order chi connectivity index (χ0) is 15.2. The van der Waals surface area contributed by atoms with E-state index in [-0.39, 0.29) is 17.4 Å². The number of amides is 1. The first-order chi connectivity index (χ1) is 9.32. The summed E-state index contributed by atoms with van der Waals surface area (Å²) in [6, 6.07) is 7.59. The van der Waals surface area contributed by atoms with Gasteiger partial charge in [0.15, 0.2) is 0 Å². The zero-order valence-corrected chi connectivity index (χ0v) is 12.9. The highest BCUT2D eigenvalue weighted by atomic mass is 16.5. The molecular weight excluding hydrogens is 252 g/mol. The normalized spacial score (nSPS) is 12.8. The molecule has 4 nitrogen and oxygen atoms in total. The first-order valence-corrected chi connectivity index (χ1v) is 7.07. The van der Waals surface area contributed by atoms with Gasteiger partial charge in [-0.1, -0.05) is 32.9 Å². The molecule has 1 amide bonds. The van der Waals surface area contributed by atoms with Crippen molar-refractivity contribution in [3.8, 4) is 5.75 Å². The maximum absolute atomic E-state index is 11.9. The van der Waals surface area contributed by atoms with Gasteiger partial charge in [-0.25, -0.2) is 0 Å². The maximum atomic E-state index is 11.9. The third kappa shape index (κ3) is 5.61. The van der Waals surface area contributed by atoms with Gasteiger partial charge in [0.25, 0.3) is 0 Å². The predicted octanol–water partition coefficient (Wildman–Crippen LogP) is 2.46. The van der Waals surface area contributed by atoms with Crippen LogP contribution >= 0.6 is 0 Å². The van der Waals surface area contributed by atoms with E-state index in [0.717, 1.165) is 11.3 Å². The monoisotopic (exact) mass is 278 g/mol. The number of nitrogens with one attached hydrogen (secondary N) is 1. The number of carbonyl (C=O) groups is 1. The molecule has 0 radical (unpaired) electrons. The number of benzene rings is 1. The quantitative estimate of drug-likeness (QED) is 0.840. The van der Waals surface area contributed by atoms with Crippen LogP contribution in [0.3, 0.4) is 0 Å². The lowest BCUT2D eigenvalue weighted by Crippen LogP contribution is -2.40. The fourth-order valence-electron chi connectivity index (χ4n) is 1.69. The van der Waals surface area contributed by atoms with Crippen LogP contribution in [0.2, 0.25) is 0 Å². The Labute approximate surface area is 121 Å². The molecule has 112 valence electrons. The van der Waals surface area contributed by atoms with Gasteiger partial charge in [-0.05, 0) is 30.0 Å². The van der Waals surface area contributed by atoms with E-state index < -0.39 is 0 Å². The highest BCUT2D eigenvalue weighted by Crippen LogP contribution is 2.19. The van der Waals surface area contributed by atoms with E-state index in [1.165, 1.54) is 0 Å². The van der Waals surface area contributed by atoms with Gasteiger partial charge >= 0.3 is 0 Å². The Morgan fingerprint density at radius 1 is 1.40 bits per heavy atom. The standard InChI is InChI=1S/C16H26N2O2/c1-5-20-13-8-6-7-12(9-13)11-18-15(19)10-14(17)16(2,3)4/h6-9,14H,5,10-11,17H2,1-4H3,(H,18,19). The molecule has 0 aliphatic carbocycles. The molecule has 0 aromatic heterocycles. The highest BCUT2D eigenvalue weighted by molar-refractivity contribution is 5.76. The van der Waals surface area contributed by atoms with Crippen LogP contribution in [0, 0.1) is 5.41 Å². The van der Waals surface area contributed by atoms with Crippen LogP contribution < -0.4 is 15.8 Å². The molecule has 0 saturated heterocycles. The van der Waals surface area contributed by atoms with Gasteiger partial charge in [0, 0.05) is 19.0 Å². The molecule has 4 heteroatoms. The van der Waals surface area contributed by atoms with Gasteiger partial charge in [0.05, 0.1) is 6.61 Å². The highest BCUT2D eigenvalue weighted by Gasteiger charge is 2.22. The largest absolute Gasteiger partial charge is 0.494 e. The summed E-state index contributed by atoms with van der Waals surface area (Å²) < 4.78 is 5.43. The van der Waals surface area contributed by atoms with E-state index >= 15 is 0 Å². The van der Waals surface area contributed by atoms with Gasteiger partial charge in [0.2, 0.25) is 5.91 Å². The molecule has 1 atom stereocenters. The fraction of sp³-hybridized carbons (Fsp3) is 0.562. The molecule has 20 heavy (non-hydrogen) atoms. The fourth-order valence-corrected chi connectivity index (χ4v) is 1.69. The van der Waals surface area contributed by atoms with Crippen LogP contribution in [0.4, 0.5) is 0 Å². The Kier molecular flexibility index (Phi) is 6.02. The van der Waals surface area contributed by atoms with Crippen LogP contribution in [-0.2, 0) is 11.3 Å². The summed E-state index contributed by atoms with van der Waals surface area (Å²) in [5.41, 5.74) is 6.96. The van der Waals surface area contributed by atoms with E-state index in [4.69, 9.17) is 10.5 Å². The molecule has 0 heterocycles. The number of carbonyl (C=O) groups excluding carboxylic acids is 1. The average Bonchev–Trinajstić information content (AvgIpc) is 2.36. The van der Waals surface area contributed by atoms with Crippen molar-refractivity contribution < 1.29 is 9.53 Å². The summed E-state index contributed by atoms with van der Waals surface area (Å²) in [4.78, 5) is 11.9. The molecule has 1 aromatic carbocycles. The Bertz CT molecular complexity index is 438. The second kappa shape index (κ2) is 7.29. The Morgan fingerprint density at radius 3 is 2.70 bits per heavy atom. The third-order valence-electron chi connectivity index (χ3n) is 3.22. The lowest BCUT2D eigenvalue weighted by atomic mass is 9.85. The first kappa shape index (κ1) is 16.5. The summed E-state index contributed by atoms with van der Waals surface area (Å²) in [6.45, 7) is 9.19. The predicted molar refractivity (Wildman–Crippen MR) is 81.5 cm³/mol. The minimum absolute atomic E-state index is 0.0192.